The van der Waals surface area contributed by atoms with E-state index < -0.39 is 0 Å². The summed E-state index contributed by atoms with van der Waals surface area (Å²) in [6.45, 7) is 4.15. The largest absolute Gasteiger partial charge is 0.350 e. The summed E-state index contributed by atoms with van der Waals surface area (Å²) < 4.78 is 0. The van der Waals surface area contributed by atoms with Gasteiger partial charge in [-0.2, -0.15) is 0 Å². The number of hydrogen-bond acceptors (Lipinski definition) is 1. The second-order valence-electron chi connectivity index (χ2n) is 4.45. The summed E-state index contributed by atoms with van der Waals surface area (Å²) >= 11 is 0. The van der Waals surface area contributed by atoms with Crippen molar-refractivity contribution >= 4 is 5.91 Å². The van der Waals surface area contributed by atoms with Crippen LogP contribution in [0.15, 0.2) is 12.2 Å². The van der Waals surface area contributed by atoms with E-state index in [2.05, 4.69) is 19.2 Å². The molecule has 0 aromatic carbocycles. The zero-order valence-corrected chi connectivity index (χ0v) is 9.25. The van der Waals surface area contributed by atoms with Crippen molar-refractivity contribution in [3.8, 4) is 0 Å². The van der Waals surface area contributed by atoms with Crippen molar-refractivity contribution in [1.82, 2.24) is 5.32 Å². The smallest absolute Gasteiger partial charge is 0.243 e. The first-order valence-corrected chi connectivity index (χ1v) is 5.67. The number of nitrogens with one attached hydrogen (secondary N) is 1. The average molecular weight is 195 g/mol. The molecule has 2 heteroatoms. The van der Waals surface area contributed by atoms with E-state index >= 15 is 0 Å². The molecular weight excluding hydrogens is 174 g/mol. The van der Waals surface area contributed by atoms with Crippen LogP contribution in [0, 0.1) is 5.92 Å². The van der Waals surface area contributed by atoms with Crippen molar-refractivity contribution in [1.29, 1.82) is 0 Å². The molecule has 14 heavy (non-hydrogen) atoms. The van der Waals surface area contributed by atoms with Crippen LogP contribution < -0.4 is 5.32 Å². The third-order valence-electron chi connectivity index (χ3n) is 2.58. The first kappa shape index (κ1) is 11.3. The second-order valence-corrected chi connectivity index (χ2v) is 4.45. The van der Waals surface area contributed by atoms with Crippen LogP contribution in [0.4, 0.5) is 0 Å². The summed E-state index contributed by atoms with van der Waals surface area (Å²) in [6, 6.07) is 0.424. The maximum Gasteiger partial charge on any atom is 0.243 e. The third kappa shape index (κ3) is 4.45. The van der Waals surface area contributed by atoms with Gasteiger partial charge in [-0.15, -0.1) is 0 Å². The molecule has 0 aromatic heterocycles. The standard InChI is InChI=1S/C12H21NO/c1-10(2)8-9-12(14)13-11-6-4-3-5-7-11/h8-11H,3-7H2,1-2H3,(H,13,14)/b9-8+. The minimum atomic E-state index is 0.0746. The van der Waals surface area contributed by atoms with Gasteiger partial charge in [-0.1, -0.05) is 39.2 Å². The highest BCUT2D eigenvalue weighted by Crippen LogP contribution is 2.17. The molecule has 0 saturated heterocycles. The Hall–Kier alpha value is -0.790. The van der Waals surface area contributed by atoms with Crippen LogP contribution in [-0.2, 0) is 4.79 Å². The van der Waals surface area contributed by atoms with Crippen LogP contribution in [-0.4, -0.2) is 11.9 Å². The van der Waals surface area contributed by atoms with Gasteiger partial charge in [0.1, 0.15) is 0 Å². The van der Waals surface area contributed by atoms with Crippen LogP contribution in [0.5, 0.6) is 0 Å². The van der Waals surface area contributed by atoms with Crippen LogP contribution in [0.2, 0.25) is 0 Å². The Morgan fingerprint density at radius 1 is 1.29 bits per heavy atom. The van der Waals surface area contributed by atoms with Crippen molar-refractivity contribution in [3.63, 3.8) is 0 Å². The molecule has 1 saturated carbocycles. The van der Waals surface area contributed by atoms with E-state index in [-0.39, 0.29) is 5.91 Å². The molecule has 1 rings (SSSR count). The van der Waals surface area contributed by atoms with E-state index in [4.69, 9.17) is 0 Å². The number of carbonyl (C=O) groups is 1. The third-order valence-corrected chi connectivity index (χ3v) is 2.58. The van der Waals surface area contributed by atoms with Gasteiger partial charge in [0.05, 0.1) is 0 Å². The predicted octanol–water partition coefficient (Wildman–Crippen LogP) is 2.65. The van der Waals surface area contributed by atoms with Gasteiger partial charge in [-0.25, -0.2) is 0 Å². The number of carbonyl (C=O) groups excluding carboxylic acids is 1. The minimum absolute atomic E-state index is 0.0746. The van der Waals surface area contributed by atoms with Crippen LogP contribution in [0.25, 0.3) is 0 Å². The van der Waals surface area contributed by atoms with E-state index in [1.54, 1.807) is 6.08 Å². The molecule has 80 valence electrons. The molecule has 0 radical (unpaired) electrons. The zero-order valence-electron chi connectivity index (χ0n) is 9.25. The summed E-state index contributed by atoms with van der Waals surface area (Å²) in [5, 5.41) is 3.05. The van der Waals surface area contributed by atoms with Crippen molar-refractivity contribution in [2.24, 2.45) is 5.92 Å². The predicted molar refractivity (Wildman–Crippen MR) is 59.0 cm³/mol. The first-order valence-electron chi connectivity index (χ1n) is 5.67. The molecule has 0 spiro atoms. The lowest BCUT2D eigenvalue weighted by molar-refractivity contribution is -0.117. The quantitative estimate of drug-likeness (QED) is 0.689. The Balaban J connectivity index is 2.25. The fourth-order valence-electron chi connectivity index (χ4n) is 1.78. The van der Waals surface area contributed by atoms with Gasteiger partial charge in [0, 0.05) is 6.04 Å². The van der Waals surface area contributed by atoms with E-state index in [0.29, 0.717) is 12.0 Å². The van der Waals surface area contributed by atoms with Crippen LogP contribution >= 0.6 is 0 Å². The maximum atomic E-state index is 11.4. The van der Waals surface area contributed by atoms with Crippen molar-refractivity contribution in [2.75, 3.05) is 0 Å². The van der Waals surface area contributed by atoms with E-state index in [1.807, 2.05) is 6.08 Å². The summed E-state index contributed by atoms with van der Waals surface area (Å²) in [6.07, 6.45) is 9.77. The second kappa shape index (κ2) is 5.84. The zero-order chi connectivity index (χ0) is 10.4. The molecule has 2 nitrogen and oxygen atoms in total. The normalized spacial score (nSPS) is 19.1. The Morgan fingerprint density at radius 2 is 1.93 bits per heavy atom. The van der Waals surface area contributed by atoms with Crippen molar-refractivity contribution in [3.05, 3.63) is 12.2 Å². The van der Waals surface area contributed by atoms with Gasteiger partial charge in [0.25, 0.3) is 0 Å². The highest BCUT2D eigenvalue weighted by atomic mass is 16.1. The molecule has 1 aliphatic rings. The number of allylic oxidation sites excluding steroid dienone is 1. The summed E-state index contributed by atoms with van der Waals surface area (Å²) in [4.78, 5) is 11.4. The molecule has 1 aliphatic carbocycles. The molecule has 0 heterocycles. The maximum absolute atomic E-state index is 11.4. The molecule has 0 atom stereocenters. The Bertz CT molecular complexity index is 202. The molecule has 0 aromatic rings. The highest BCUT2D eigenvalue weighted by molar-refractivity contribution is 5.87. The molecule has 0 bridgehead atoms. The Labute approximate surface area is 86.8 Å². The molecule has 1 amide bonds. The highest BCUT2D eigenvalue weighted by Gasteiger charge is 2.13. The van der Waals surface area contributed by atoms with Crippen molar-refractivity contribution in [2.45, 2.75) is 52.0 Å². The molecular formula is C12H21NO. The lowest BCUT2D eigenvalue weighted by atomic mass is 9.95. The SMILES string of the molecule is CC(C)/C=C/C(=O)NC1CCCCC1. The molecule has 1 fully saturated rings. The van der Waals surface area contributed by atoms with E-state index in [0.717, 1.165) is 12.8 Å². The summed E-state index contributed by atoms with van der Waals surface area (Å²) in [5.41, 5.74) is 0. The van der Waals surface area contributed by atoms with Gasteiger partial charge in [0.15, 0.2) is 0 Å². The summed E-state index contributed by atoms with van der Waals surface area (Å²) in [5.74, 6) is 0.526. The Morgan fingerprint density at radius 3 is 2.50 bits per heavy atom. The lowest BCUT2D eigenvalue weighted by Gasteiger charge is -2.21. The average Bonchev–Trinajstić information content (AvgIpc) is 2.16. The van der Waals surface area contributed by atoms with Gasteiger partial charge < -0.3 is 5.32 Å². The minimum Gasteiger partial charge on any atom is -0.350 e. The Kier molecular flexibility index (Phi) is 4.71. The van der Waals surface area contributed by atoms with Gasteiger partial charge in [-0.3, -0.25) is 4.79 Å². The molecule has 0 unspecified atom stereocenters. The fourth-order valence-corrected chi connectivity index (χ4v) is 1.78. The van der Waals surface area contributed by atoms with E-state index in [9.17, 15) is 4.79 Å². The van der Waals surface area contributed by atoms with Crippen molar-refractivity contribution < 1.29 is 4.79 Å². The number of hydrogen-bond donors (Lipinski definition) is 1. The van der Waals surface area contributed by atoms with E-state index in [1.165, 1.54) is 19.3 Å². The summed E-state index contributed by atoms with van der Waals surface area (Å²) in [7, 11) is 0. The van der Waals surface area contributed by atoms with Crippen LogP contribution in [0.1, 0.15) is 46.0 Å². The first-order chi connectivity index (χ1) is 6.68. The lowest BCUT2D eigenvalue weighted by Crippen LogP contribution is -2.35. The van der Waals surface area contributed by atoms with Crippen LogP contribution in [0.3, 0.4) is 0 Å². The van der Waals surface area contributed by atoms with Gasteiger partial charge in [0.2, 0.25) is 5.91 Å². The van der Waals surface area contributed by atoms with Gasteiger partial charge in [-0.05, 0) is 24.8 Å². The topological polar surface area (TPSA) is 29.1 Å². The fraction of sp³-hybridized carbons (Fsp3) is 0.750. The number of rotatable bonds is 3. The number of amides is 1. The molecule has 0 aliphatic heterocycles. The molecule has 1 N–H and O–H groups in total. The monoisotopic (exact) mass is 195 g/mol. The van der Waals surface area contributed by atoms with Gasteiger partial charge >= 0.3 is 0 Å².